The Morgan fingerprint density at radius 2 is 2.00 bits per heavy atom. The number of rotatable bonds is 3. The molecule has 0 aromatic carbocycles. The van der Waals surface area contributed by atoms with Gasteiger partial charge in [0, 0.05) is 13.0 Å². The maximum Gasteiger partial charge on any atom is 0.318 e. The van der Waals surface area contributed by atoms with Crippen LogP contribution in [0.5, 0.6) is 0 Å². The molecule has 0 aliphatic rings. The second-order valence-electron chi connectivity index (χ2n) is 2.47. The van der Waals surface area contributed by atoms with Gasteiger partial charge in [-0.25, -0.2) is 4.79 Å². The normalized spacial score (nSPS) is 9.73. The third-order valence-electron chi connectivity index (χ3n) is 1.05. The van der Waals surface area contributed by atoms with Crippen LogP contribution < -0.4 is 11.1 Å². The Bertz CT molecular complexity index is 156. The van der Waals surface area contributed by atoms with Gasteiger partial charge in [0.2, 0.25) is 5.91 Å². The van der Waals surface area contributed by atoms with Gasteiger partial charge in [-0.15, -0.1) is 0 Å². The lowest BCUT2D eigenvalue weighted by molar-refractivity contribution is -0.120. The molecule has 0 spiro atoms. The molecule has 0 aliphatic heterocycles. The summed E-state index contributed by atoms with van der Waals surface area (Å²) in [6.07, 6.45) is 0.288. The number of amides is 3. The fourth-order valence-electron chi connectivity index (χ4n) is 0.525. The van der Waals surface area contributed by atoms with Crippen molar-refractivity contribution in [2.75, 3.05) is 20.6 Å². The lowest BCUT2D eigenvalue weighted by Crippen LogP contribution is -2.36. The van der Waals surface area contributed by atoms with Gasteiger partial charge in [0.15, 0.2) is 0 Å². The zero-order chi connectivity index (χ0) is 8.85. The molecule has 11 heavy (non-hydrogen) atoms. The van der Waals surface area contributed by atoms with Crippen molar-refractivity contribution in [3.8, 4) is 0 Å². The molecule has 64 valence electrons. The van der Waals surface area contributed by atoms with Crippen molar-refractivity contribution >= 4 is 11.9 Å². The highest BCUT2D eigenvalue weighted by atomic mass is 16.2. The summed E-state index contributed by atoms with van der Waals surface area (Å²) in [4.78, 5) is 22.7. The molecule has 0 saturated carbocycles. The molecule has 0 saturated heterocycles. The maximum atomic E-state index is 10.7. The van der Waals surface area contributed by atoms with Crippen molar-refractivity contribution in [3.63, 3.8) is 0 Å². The number of carbonyl (C=O) groups excluding carboxylic acids is 2. The van der Waals surface area contributed by atoms with Crippen LogP contribution in [0, 0.1) is 0 Å². The first-order valence-electron chi connectivity index (χ1n) is 3.26. The largest absolute Gasteiger partial charge is 0.351 e. The highest BCUT2D eigenvalue weighted by Crippen LogP contribution is 1.82. The standard InChI is InChI=1S/C6H13N3O2/c1-9(2)4-3-5(10)8-6(7)11/h3-4H2,1-2H3,(H3,7,8,10,11). The van der Waals surface area contributed by atoms with Gasteiger partial charge in [0.25, 0.3) is 0 Å². The van der Waals surface area contributed by atoms with Crippen LogP contribution in [0.2, 0.25) is 0 Å². The number of primary amides is 1. The van der Waals surface area contributed by atoms with E-state index in [1.807, 2.05) is 24.3 Å². The first-order valence-corrected chi connectivity index (χ1v) is 3.26. The molecular formula is C6H13N3O2. The first kappa shape index (κ1) is 9.90. The molecule has 0 aromatic rings. The van der Waals surface area contributed by atoms with Crippen LogP contribution in [-0.2, 0) is 4.79 Å². The van der Waals surface area contributed by atoms with Crippen LogP contribution >= 0.6 is 0 Å². The monoisotopic (exact) mass is 159 g/mol. The number of nitrogens with one attached hydrogen (secondary N) is 1. The van der Waals surface area contributed by atoms with Crippen LogP contribution in [0.1, 0.15) is 6.42 Å². The zero-order valence-corrected chi connectivity index (χ0v) is 6.76. The molecule has 0 atom stereocenters. The summed E-state index contributed by atoms with van der Waals surface area (Å²) in [6.45, 7) is 0.610. The predicted molar refractivity (Wildman–Crippen MR) is 40.9 cm³/mol. The Morgan fingerprint density at radius 3 is 2.36 bits per heavy atom. The van der Waals surface area contributed by atoms with Crippen molar-refractivity contribution < 1.29 is 9.59 Å². The summed E-state index contributed by atoms with van der Waals surface area (Å²) in [6, 6.07) is -0.797. The zero-order valence-electron chi connectivity index (χ0n) is 6.76. The van der Waals surface area contributed by atoms with Crippen LogP contribution in [0.15, 0.2) is 0 Å². The number of nitrogens with two attached hydrogens (primary N) is 1. The van der Waals surface area contributed by atoms with Crippen LogP contribution in [0.4, 0.5) is 4.79 Å². The van der Waals surface area contributed by atoms with Crippen molar-refractivity contribution in [2.24, 2.45) is 5.73 Å². The minimum absolute atomic E-state index is 0.288. The SMILES string of the molecule is CN(C)CCC(=O)NC(N)=O. The average molecular weight is 159 g/mol. The van der Waals surface area contributed by atoms with E-state index in [9.17, 15) is 9.59 Å². The van der Waals surface area contributed by atoms with E-state index in [1.165, 1.54) is 0 Å². The summed E-state index contributed by atoms with van der Waals surface area (Å²) in [5.41, 5.74) is 4.72. The molecule has 5 heteroatoms. The summed E-state index contributed by atoms with van der Waals surface area (Å²) in [7, 11) is 3.69. The van der Waals surface area contributed by atoms with Gasteiger partial charge >= 0.3 is 6.03 Å². The summed E-state index contributed by atoms with van der Waals surface area (Å²) in [5.74, 6) is -0.341. The molecule has 0 aromatic heterocycles. The second-order valence-corrected chi connectivity index (χ2v) is 2.47. The topological polar surface area (TPSA) is 75.4 Å². The highest BCUT2D eigenvalue weighted by Gasteiger charge is 2.03. The minimum atomic E-state index is -0.797. The maximum absolute atomic E-state index is 10.7. The molecule has 0 bridgehead atoms. The smallest absolute Gasteiger partial charge is 0.318 e. The van der Waals surface area contributed by atoms with Crippen LogP contribution in [0.25, 0.3) is 0 Å². The number of hydrogen-bond donors (Lipinski definition) is 2. The Labute approximate surface area is 65.5 Å². The number of hydrogen-bond acceptors (Lipinski definition) is 3. The Balaban J connectivity index is 3.46. The van der Waals surface area contributed by atoms with Crippen molar-refractivity contribution in [1.29, 1.82) is 0 Å². The second kappa shape index (κ2) is 4.68. The molecule has 0 heterocycles. The van der Waals surface area contributed by atoms with E-state index in [0.717, 1.165) is 0 Å². The molecule has 3 amide bonds. The predicted octanol–water partition coefficient (Wildman–Crippen LogP) is -0.867. The molecule has 0 unspecified atom stereocenters. The minimum Gasteiger partial charge on any atom is -0.351 e. The van der Waals surface area contributed by atoms with E-state index in [4.69, 9.17) is 5.73 Å². The lowest BCUT2D eigenvalue weighted by atomic mass is 10.4. The average Bonchev–Trinajstić information content (AvgIpc) is 1.82. The van der Waals surface area contributed by atoms with E-state index >= 15 is 0 Å². The van der Waals surface area contributed by atoms with Gasteiger partial charge in [-0.05, 0) is 14.1 Å². The summed E-state index contributed by atoms with van der Waals surface area (Å²) in [5, 5.41) is 1.97. The number of carbonyl (C=O) groups is 2. The third-order valence-corrected chi connectivity index (χ3v) is 1.05. The van der Waals surface area contributed by atoms with Crippen LogP contribution in [-0.4, -0.2) is 37.5 Å². The van der Waals surface area contributed by atoms with Crippen molar-refractivity contribution in [2.45, 2.75) is 6.42 Å². The van der Waals surface area contributed by atoms with Gasteiger partial charge in [0.05, 0.1) is 0 Å². The van der Waals surface area contributed by atoms with Crippen molar-refractivity contribution in [3.05, 3.63) is 0 Å². The first-order chi connectivity index (χ1) is 5.02. The van der Waals surface area contributed by atoms with Gasteiger partial charge in [-0.3, -0.25) is 10.1 Å². The fourth-order valence-corrected chi connectivity index (χ4v) is 0.525. The van der Waals surface area contributed by atoms with E-state index in [2.05, 4.69) is 0 Å². The third kappa shape index (κ3) is 6.79. The lowest BCUT2D eigenvalue weighted by Gasteiger charge is -2.07. The quantitative estimate of drug-likeness (QED) is 0.562. The van der Waals surface area contributed by atoms with E-state index in [1.54, 1.807) is 0 Å². The highest BCUT2D eigenvalue weighted by molar-refractivity contribution is 5.93. The van der Waals surface area contributed by atoms with Gasteiger partial charge in [-0.1, -0.05) is 0 Å². The molecule has 0 aliphatic carbocycles. The van der Waals surface area contributed by atoms with Crippen LogP contribution in [0.3, 0.4) is 0 Å². The molecule has 0 rings (SSSR count). The molecule has 0 radical (unpaired) electrons. The van der Waals surface area contributed by atoms with E-state index in [0.29, 0.717) is 6.54 Å². The molecular weight excluding hydrogens is 146 g/mol. The van der Waals surface area contributed by atoms with Crippen molar-refractivity contribution in [1.82, 2.24) is 10.2 Å². The number of imide groups is 1. The van der Waals surface area contributed by atoms with E-state index < -0.39 is 6.03 Å². The summed E-state index contributed by atoms with van der Waals surface area (Å²) < 4.78 is 0. The number of nitrogens with zero attached hydrogens (tertiary/aromatic N) is 1. The Morgan fingerprint density at radius 1 is 1.45 bits per heavy atom. The van der Waals surface area contributed by atoms with Gasteiger partial charge in [0.1, 0.15) is 0 Å². The fraction of sp³-hybridized carbons (Fsp3) is 0.667. The van der Waals surface area contributed by atoms with E-state index in [-0.39, 0.29) is 12.3 Å². The molecule has 0 fully saturated rings. The molecule has 5 nitrogen and oxygen atoms in total. The Kier molecular flexibility index (Phi) is 4.21. The van der Waals surface area contributed by atoms with Gasteiger partial charge in [-0.2, -0.15) is 0 Å². The Hall–Kier alpha value is -1.10. The van der Waals surface area contributed by atoms with Gasteiger partial charge < -0.3 is 10.6 Å². The molecule has 3 N–H and O–H groups in total. The number of urea groups is 1. The summed E-state index contributed by atoms with van der Waals surface area (Å²) >= 11 is 0.